The minimum atomic E-state index is -0.630. The Balaban J connectivity index is 2.78. The molecule has 1 aromatic rings. The molecule has 0 spiro atoms. The van der Waals surface area contributed by atoms with Crippen molar-refractivity contribution in [2.75, 3.05) is 33.1 Å². The third-order valence-corrected chi connectivity index (χ3v) is 2.29. The van der Waals surface area contributed by atoms with E-state index in [-0.39, 0.29) is 36.3 Å². The standard InChI is InChI=1S/C10H15N5O4/c1-14(2)7(16)4-5-11-9-8(15(17)18)10(19-3)13-6-12-9/h6H,4-5H2,1-3H3,(H,11,12,13). The molecule has 0 atom stereocenters. The molecule has 0 aliphatic heterocycles. The van der Waals surface area contributed by atoms with Crippen molar-refractivity contribution in [3.05, 3.63) is 16.4 Å². The second-order valence-corrected chi connectivity index (χ2v) is 3.80. The number of ether oxygens (including phenoxy) is 1. The van der Waals surface area contributed by atoms with Gasteiger partial charge in [0.2, 0.25) is 11.7 Å². The molecular weight excluding hydrogens is 254 g/mol. The molecule has 1 aromatic heterocycles. The minimum absolute atomic E-state index is 0.0309. The number of nitrogens with one attached hydrogen (secondary N) is 1. The smallest absolute Gasteiger partial charge is 0.372 e. The maximum atomic E-state index is 11.4. The third kappa shape index (κ3) is 3.76. The molecule has 0 aromatic carbocycles. The number of hydrogen-bond donors (Lipinski definition) is 1. The summed E-state index contributed by atoms with van der Waals surface area (Å²) in [5.74, 6) is -0.180. The SMILES string of the molecule is COc1ncnc(NCCC(=O)N(C)C)c1[N+](=O)[O-]. The number of carbonyl (C=O) groups excluding carboxylic acids is 1. The van der Waals surface area contributed by atoms with Crippen LogP contribution in [0.25, 0.3) is 0 Å². The van der Waals surface area contributed by atoms with Crippen LogP contribution in [-0.2, 0) is 4.79 Å². The quantitative estimate of drug-likeness (QED) is 0.583. The number of amides is 1. The van der Waals surface area contributed by atoms with Gasteiger partial charge >= 0.3 is 5.69 Å². The first-order chi connectivity index (χ1) is 8.97. The van der Waals surface area contributed by atoms with Crippen molar-refractivity contribution >= 4 is 17.4 Å². The molecule has 0 bridgehead atoms. The first-order valence-electron chi connectivity index (χ1n) is 5.44. The van der Waals surface area contributed by atoms with E-state index in [1.165, 1.54) is 12.0 Å². The first kappa shape index (κ1) is 14.6. The molecule has 1 N–H and O–H groups in total. The molecule has 0 fully saturated rings. The summed E-state index contributed by atoms with van der Waals surface area (Å²) >= 11 is 0. The van der Waals surface area contributed by atoms with Gasteiger partial charge in [-0.15, -0.1) is 0 Å². The van der Waals surface area contributed by atoms with Crippen LogP contribution in [0.5, 0.6) is 5.88 Å². The van der Waals surface area contributed by atoms with Crippen molar-refractivity contribution < 1.29 is 14.5 Å². The summed E-state index contributed by atoms with van der Waals surface area (Å²) in [7, 11) is 4.56. The number of carbonyl (C=O) groups is 1. The molecule has 1 amide bonds. The summed E-state index contributed by atoms with van der Waals surface area (Å²) in [5, 5.41) is 13.7. The number of hydrogen-bond acceptors (Lipinski definition) is 7. The highest BCUT2D eigenvalue weighted by atomic mass is 16.6. The van der Waals surface area contributed by atoms with E-state index in [0.717, 1.165) is 6.33 Å². The lowest BCUT2D eigenvalue weighted by atomic mass is 10.3. The van der Waals surface area contributed by atoms with E-state index in [4.69, 9.17) is 4.74 Å². The van der Waals surface area contributed by atoms with Gasteiger partial charge in [-0.3, -0.25) is 14.9 Å². The number of methoxy groups -OCH3 is 1. The summed E-state index contributed by atoms with van der Waals surface area (Å²) in [6, 6.07) is 0. The molecule has 0 saturated carbocycles. The molecule has 0 radical (unpaired) electrons. The van der Waals surface area contributed by atoms with Crippen LogP contribution >= 0.6 is 0 Å². The lowest BCUT2D eigenvalue weighted by Crippen LogP contribution is -2.24. The van der Waals surface area contributed by atoms with E-state index >= 15 is 0 Å². The maximum Gasteiger partial charge on any atom is 0.372 e. The van der Waals surface area contributed by atoms with Gasteiger partial charge in [-0.2, -0.15) is 4.98 Å². The van der Waals surface area contributed by atoms with Gasteiger partial charge in [0.15, 0.2) is 0 Å². The average molecular weight is 269 g/mol. The van der Waals surface area contributed by atoms with E-state index in [1.807, 2.05) is 0 Å². The van der Waals surface area contributed by atoms with Gasteiger partial charge in [0.05, 0.1) is 12.0 Å². The molecule has 104 valence electrons. The molecule has 0 aliphatic carbocycles. The average Bonchev–Trinajstić information content (AvgIpc) is 2.37. The highest BCUT2D eigenvalue weighted by Crippen LogP contribution is 2.30. The Morgan fingerprint density at radius 3 is 2.74 bits per heavy atom. The van der Waals surface area contributed by atoms with Gasteiger partial charge in [0, 0.05) is 27.1 Å². The van der Waals surface area contributed by atoms with Crippen molar-refractivity contribution in [3.63, 3.8) is 0 Å². The predicted molar refractivity (Wildman–Crippen MR) is 67.0 cm³/mol. The molecule has 9 nitrogen and oxygen atoms in total. The monoisotopic (exact) mass is 269 g/mol. The fourth-order valence-corrected chi connectivity index (χ4v) is 1.32. The Kier molecular flexibility index (Phi) is 4.98. The minimum Gasteiger partial charge on any atom is -0.476 e. The van der Waals surface area contributed by atoms with Gasteiger partial charge in [0.25, 0.3) is 5.88 Å². The van der Waals surface area contributed by atoms with Crippen LogP contribution in [0.15, 0.2) is 6.33 Å². The molecule has 0 saturated heterocycles. The number of anilines is 1. The van der Waals surface area contributed by atoms with Crippen LogP contribution in [0.4, 0.5) is 11.5 Å². The van der Waals surface area contributed by atoms with Gasteiger partial charge in [-0.1, -0.05) is 0 Å². The molecular formula is C10H15N5O4. The van der Waals surface area contributed by atoms with Crippen molar-refractivity contribution in [2.45, 2.75) is 6.42 Å². The highest BCUT2D eigenvalue weighted by molar-refractivity contribution is 5.76. The van der Waals surface area contributed by atoms with Crippen LogP contribution < -0.4 is 10.1 Å². The second-order valence-electron chi connectivity index (χ2n) is 3.80. The fraction of sp³-hybridized carbons (Fsp3) is 0.500. The normalized spacial score (nSPS) is 9.84. The first-order valence-corrected chi connectivity index (χ1v) is 5.44. The maximum absolute atomic E-state index is 11.4. The van der Waals surface area contributed by atoms with Crippen molar-refractivity contribution in [1.82, 2.24) is 14.9 Å². The van der Waals surface area contributed by atoms with E-state index in [0.29, 0.717) is 0 Å². The zero-order valence-corrected chi connectivity index (χ0v) is 10.9. The van der Waals surface area contributed by atoms with Crippen molar-refractivity contribution in [3.8, 4) is 5.88 Å². The molecule has 1 rings (SSSR count). The summed E-state index contributed by atoms with van der Waals surface area (Å²) < 4.78 is 4.81. The van der Waals surface area contributed by atoms with Gasteiger partial charge in [-0.05, 0) is 0 Å². The predicted octanol–water partition coefficient (Wildman–Crippen LogP) is 0.284. The number of aromatic nitrogens is 2. The summed E-state index contributed by atoms with van der Waals surface area (Å²) in [5.41, 5.74) is -0.345. The fourth-order valence-electron chi connectivity index (χ4n) is 1.32. The summed E-state index contributed by atoms with van der Waals surface area (Å²) in [6.07, 6.45) is 1.36. The lowest BCUT2D eigenvalue weighted by Gasteiger charge is -2.11. The summed E-state index contributed by atoms with van der Waals surface area (Å²) in [6.45, 7) is 0.234. The largest absolute Gasteiger partial charge is 0.476 e. The van der Waals surface area contributed by atoms with E-state index in [1.54, 1.807) is 14.1 Å². The number of nitrogens with zero attached hydrogens (tertiary/aromatic N) is 4. The third-order valence-electron chi connectivity index (χ3n) is 2.29. The Morgan fingerprint density at radius 2 is 2.21 bits per heavy atom. The Labute approximate surface area is 109 Å². The second kappa shape index (κ2) is 6.47. The van der Waals surface area contributed by atoms with Crippen LogP contribution in [-0.4, -0.2) is 53.4 Å². The van der Waals surface area contributed by atoms with Crippen molar-refractivity contribution in [2.24, 2.45) is 0 Å². The van der Waals surface area contributed by atoms with Crippen LogP contribution in [0.1, 0.15) is 6.42 Å². The Morgan fingerprint density at radius 1 is 1.53 bits per heavy atom. The van der Waals surface area contributed by atoms with E-state index < -0.39 is 4.92 Å². The number of nitro groups is 1. The molecule has 0 aliphatic rings. The Hall–Kier alpha value is -2.45. The van der Waals surface area contributed by atoms with Gasteiger partial charge in [-0.25, -0.2) is 4.98 Å². The van der Waals surface area contributed by atoms with Crippen molar-refractivity contribution in [1.29, 1.82) is 0 Å². The topological polar surface area (TPSA) is 110 Å². The molecule has 1 heterocycles. The number of rotatable bonds is 6. The van der Waals surface area contributed by atoms with Gasteiger partial charge in [0.1, 0.15) is 6.33 Å². The van der Waals surface area contributed by atoms with Gasteiger partial charge < -0.3 is 15.0 Å². The Bertz CT molecular complexity index is 477. The summed E-state index contributed by atoms with van der Waals surface area (Å²) in [4.78, 5) is 30.6. The zero-order valence-electron chi connectivity index (χ0n) is 10.9. The lowest BCUT2D eigenvalue weighted by molar-refractivity contribution is -0.385. The van der Waals surface area contributed by atoms with Crippen LogP contribution in [0.3, 0.4) is 0 Å². The highest BCUT2D eigenvalue weighted by Gasteiger charge is 2.23. The molecule has 0 unspecified atom stereocenters. The molecule has 9 heteroatoms. The van der Waals surface area contributed by atoms with Crippen LogP contribution in [0, 0.1) is 10.1 Å². The van der Waals surface area contributed by atoms with E-state index in [2.05, 4.69) is 15.3 Å². The van der Waals surface area contributed by atoms with E-state index in [9.17, 15) is 14.9 Å². The molecule has 19 heavy (non-hydrogen) atoms. The zero-order chi connectivity index (χ0) is 14.4. The van der Waals surface area contributed by atoms with Crippen LogP contribution in [0.2, 0.25) is 0 Å².